The van der Waals surface area contributed by atoms with Gasteiger partial charge in [-0.05, 0) is 26.0 Å². The third-order valence-corrected chi connectivity index (χ3v) is 8.05. The molecule has 0 aromatic rings. The number of carbonyl (C=O) groups excluding carboxylic acids is 4. The molecule has 317 valence electrons. The monoisotopic (exact) mass is 815 g/mol. The smallest absolute Gasteiger partial charge is 0.401 e. The summed E-state index contributed by atoms with van der Waals surface area (Å²) in [5.41, 5.74) is 22.0. The number of aliphatic hydroxyl groups excluding tert-OH is 4. The van der Waals surface area contributed by atoms with Crippen LogP contribution in [0, 0.1) is 0 Å². The van der Waals surface area contributed by atoms with Gasteiger partial charge >= 0.3 is 31.7 Å². The number of hydrogen-bond acceptors (Lipinski definition) is 16. The van der Waals surface area contributed by atoms with Crippen LogP contribution in [-0.2, 0) is 38.1 Å². The van der Waals surface area contributed by atoms with E-state index >= 15 is 0 Å². The predicted octanol–water partition coefficient (Wildman–Crippen LogP) is -6.09. The molecule has 0 spiro atoms. The zero-order valence-corrected chi connectivity index (χ0v) is 31.2. The molecule has 2 aliphatic rings. The van der Waals surface area contributed by atoms with Crippen LogP contribution >= 0.6 is 0 Å². The molecule has 0 saturated carbocycles. The van der Waals surface area contributed by atoms with E-state index in [1.54, 1.807) is 0 Å². The third-order valence-electron chi connectivity index (χ3n) is 8.05. The van der Waals surface area contributed by atoms with Crippen LogP contribution in [0.5, 0.6) is 0 Å². The minimum atomic E-state index is -1.98. The van der Waals surface area contributed by atoms with Gasteiger partial charge in [-0.25, -0.2) is 29.2 Å². The Morgan fingerprint density at radius 1 is 0.737 bits per heavy atom. The van der Waals surface area contributed by atoms with Crippen LogP contribution in [0.4, 0.5) is 9.59 Å². The zero-order valence-electron chi connectivity index (χ0n) is 31.2. The first-order chi connectivity index (χ1) is 26.7. The van der Waals surface area contributed by atoms with E-state index in [1.165, 1.54) is 13.8 Å². The molecule has 0 unspecified atom stereocenters. The number of hydrogen-bond donors (Lipinski definition) is 12. The van der Waals surface area contributed by atoms with Crippen molar-refractivity contribution in [3.8, 4) is 0 Å². The molecule has 0 saturated heterocycles. The van der Waals surface area contributed by atoms with Gasteiger partial charge in [0.05, 0.1) is 37.4 Å². The number of aliphatic imine (C=N–C) groups is 2. The lowest BCUT2D eigenvalue weighted by molar-refractivity contribution is -0.147. The van der Waals surface area contributed by atoms with Gasteiger partial charge in [0.15, 0.2) is 36.3 Å². The molecule has 4 amide bonds. The van der Waals surface area contributed by atoms with E-state index in [4.69, 9.17) is 41.9 Å². The van der Waals surface area contributed by atoms with Crippen LogP contribution < -0.4 is 33.6 Å². The largest absolute Gasteiger partial charge is 0.477 e. The van der Waals surface area contributed by atoms with E-state index in [1.807, 2.05) is 0 Å². The molecule has 27 heteroatoms. The summed E-state index contributed by atoms with van der Waals surface area (Å²) in [5.74, 6) is -7.26. The number of nitrogens with zero attached hydrogens (tertiary/aromatic N) is 4. The van der Waals surface area contributed by atoms with Gasteiger partial charge in [0, 0.05) is 26.9 Å². The van der Waals surface area contributed by atoms with Crippen LogP contribution in [0.3, 0.4) is 0 Å². The number of guanidine groups is 2. The average Bonchev–Trinajstić information content (AvgIpc) is 3.12. The first-order valence-electron chi connectivity index (χ1n) is 17.0. The molecule has 0 aromatic carbocycles. The number of ether oxygens (including phenoxy) is 4. The standard InChI is InChI=1S/C30H48BN10O16/c1-5-40(29(52)56-21(15(46)9-42)23-19(36-11(3)44)13(38-27(32)33)7-17(54-23)25(48)49)31-41(6-2)30(53)57-22(16(47)10-43)24-20(37-12(4)45)14(39-28(34)35)8-18(55-24)26(50)51/h7-8,13-16,19-24,42-43,46-47H,5-6,9-10H2,1-4H3,(H,36,44)(H,37,45)(H,48,49)(H,50,51)(H4,32,33,38)(H4,34,35,39)/t13-,14-,15+,16+,19+,20+,21+,22+,23+,24+/m0/s1. The normalized spacial score (nSPS) is 23.4. The summed E-state index contributed by atoms with van der Waals surface area (Å²) >= 11 is 0. The van der Waals surface area contributed by atoms with Crippen molar-refractivity contribution >= 4 is 55.4 Å². The van der Waals surface area contributed by atoms with Crippen molar-refractivity contribution in [2.75, 3.05) is 26.3 Å². The summed E-state index contributed by atoms with van der Waals surface area (Å²) in [7, 11) is 0.866. The highest BCUT2D eigenvalue weighted by Crippen LogP contribution is 2.29. The van der Waals surface area contributed by atoms with Gasteiger partial charge in [-0.2, -0.15) is 0 Å². The van der Waals surface area contributed by atoms with Gasteiger partial charge in [-0.15, -0.1) is 0 Å². The van der Waals surface area contributed by atoms with Crippen LogP contribution in [-0.4, -0.2) is 183 Å². The Morgan fingerprint density at radius 3 is 1.32 bits per heavy atom. The van der Waals surface area contributed by atoms with Crippen molar-refractivity contribution in [2.45, 2.75) is 88.5 Å². The highest BCUT2D eigenvalue weighted by Gasteiger charge is 2.49. The van der Waals surface area contributed by atoms with Crippen molar-refractivity contribution in [1.29, 1.82) is 0 Å². The molecule has 0 fully saturated rings. The molecule has 16 N–H and O–H groups in total. The lowest BCUT2D eigenvalue weighted by Gasteiger charge is -2.41. The molecule has 10 atom stereocenters. The lowest BCUT2D eigenvalue weighted by Crippen LogP contribution is -2.62. The van der Waals surface area contributed by atoms with Gasteiger partial charge < -0.3 is 92.8 Å². The molecular formula is C30H48BN10O16. The van der Waals surface area contributed by atoms with Crippen molar-refractivity contribution in [2.24, 2.45) is 32.9 Å². The maximum absolute atomic E-state index is 13.7. The number of amides is 4. The fraction of sp³-hybridized carbons (Fsp3) is 0.600. The summed E-state index contributed by atoms with van der Waals surface area (Å²) in [5, 5.41) is 65.7. The molecule has 1 radical (unpaired) electrons. The van der Waals surface area contributed by atoms with Crippen molar-refractivity contribution in [1.82, 2.24) is 20.3 Å². The Bertz CT molecular complexity index is 1490. The second kappa shape index (κ2) is 21.3. The molecule has 0 bridgehead atoms. The number of nitrogens with one attached hydrogen (secondary N) is 2. The quantitative estimate of drug-likeness (QED) is 0.0348. The highest BCUT2D eigenvalue weighted by atomic mass is 16.6. The molecule has 57 heavy (non-hydrogen) atoms. The number of aliphatic carboxylic acids is 2. The maximum atomic E-state index is 13.7. The number of carbonyl (C=O) groups is 6. The molecule has 2 aliphatic heterocycles. The summed E-state index contributed by atoms with van der Waals surface area (Å²) in [6, 6.07) is -5.47. The highest BCUT2D eigenvalue weighted by molar-refractivity contribution is 6.37. The molecule has 0 aromatic heterocycles. The Kier molecular flexibility index (Phi) is 17.6. The summed E-state index contributed by atoms with van der Waals surface area (Å²) in [6.07, 6.45) is -12.1. The minimum Gasteiger partial charge on any atom is -0.477 e. The average molecular weight is 816 g/mol. The van der Waals surface area contributed by atoms with E-state index in [-0.39, 0.29) is 13.1 Å². The van der Waals surface area contributed by atoms with E-state index in [2.05, 4.69) is 20.6 Å². The van der Waals surface area contributed by atoms with Gasteiger partial charge in [0.1, 0.15) is 12.2 Å². The van der Waals surface area contributed by atoms with Gasteiger partial charge in [0.25, 0.3) is 0 Å². The van der Waals surface area contributed by atoms with E-state index in [0.29, 0.717) is 0 Å². The fourth-order valence-corrected chi connectivity index (χ4v) is 5.58. The number of aliphatic hydroxyl groups is 4. The van der Waals surface area contributed by atoms with Gasteiger partial charge in [-0.1, -0.05) is 0 Å². The van der Waals surface area contributed by atoms with E-state index in [9.17, 15) is 59.4 Å². The second-order valence-electron chi connectivity index (χ2n) is 12.3. The lowest BCUT2D eigenvalue weighted by atomic mass is 9.92. The molecule has 0 aliphatic carbocycles. The van der Waals surface area contributed by atoms with Crippen LogP contribution in [0.15, 0.2) is 33.7 Å². The zero-order chi connectivity index (χ0) is 43.3. The topological polar surface area (TPSA) is 420 Å². The van der Waals surface area contributed by atoms with Crippen molar-refractivity contribution in [3.63, 3.8) is 0 Å². The summed E-state index contributed by atoms with van der Waals surface area (Å²) in [6.45, 7) is 2.32. The fourth-order valence-electron chi connectivity index (χ4n) is 5.58. The first-order valence-corrected chi connectivity index (χ1v) is 17.0. The summed E-state index contributed by atoms with van der Waals surface area (Å²) in [4.78, 5) is 84.9. The maximum Gasteiger partial charge on any atom is 0.401 e. The predicted molar refractivity (Wildman–Crippen MR) is 193 cm³/mol. The van der Waals surface area contributed by atoms with Gasteiger partial charge in [-0.3, -0.25) is 9.59 Å². The Balaban J connectivity index is 2.49. The SMILES string of the molecule is CCN([B]N(CC)C(=O)O[C@@H]([C@@H]1OC(C(=O)O)=C[C@H](N=C(N)N)[C@H]1NC(C)=O)[C@H](O)CO)C(=O)O[C@@H]([C@@H]1OC(C(=O)O)=C[C@H](N=C(N)N)[C@H]1NC(C)=O)[C@H](O)CO. The Hall–Kier alpha value is -6.06. The third kappa shape index (κ3) is 13.0. The summed E-state index contributed by atoms with van der Waals surface area (Å²) < 4.78 is 22.1. The van der Waals surface area contributed by atoms with Crippen molar-refractivity contribution < 1.29 is 78.4 Å². The number of carboxylic acid groups (broad SMARTS) is 2. The number of carboxylic acids is 2. The van der Waals surface area contributed by atoms with Crippen LogP contribution in [0.2, 0.25) is 0 Å². The molecule has 2 rings (SSSR count). The van der Waals surface area contributed by atoms with Crippen LogP contribution in [0.25, 0.3) is 0 Å². The molecule has 2 heterocycles. The number of nitrogens with two attached hydrogens (primary N) is 4. The first kappa shape index (κ1) is 47.1. The van der Waals surface area contributed by atoms with Crippen molar-refractivity contribution in [3.05, 3.63) is 23.7 Å². The van der Waals surface area contributed by atoms with E-state index < -0.39 is 133 Å². The number of rotatable bonds is 18. The Morgan fingerprint density at radius 2 is 1.07 bits per heavy atom. The van der Waals surface area contributed by atoms with Crippen LogP contribution in [0.1, 0.15) is 27.7 Å². The Labute approximate surface area is 325 Å². The van der Waals surface area contributed by atoms with E-state index in [0.717, 1.165) is 43.2 Å². The second-order valence-corrected chi connectivity index (χ2v) is 12.3. The van der Waals surface area contributed by atoms with Gasteiger partial charge in [0.2, 0.25) is 23.3 Å². The molecular weight excluding hydrogens is 767 g/mol. The minimum absolute atomic E-state index is 0.270. The molecule has 26 nitrogen and oxygen atoms in total.